The highest BCUT2D eigenvalue weighted by atomic mass is 79.9. The van der Waals surface area contributed by atoms with E-state index in [-0.39, 0.29) is 0 Å². The van der Waals surface area contributed by atoms with Gasteiger partial charge < -0.3 is 14.2 Å². The summed E-state index contributed by atoms with van der Waals surface area (Å²) in [7, 11) is 1.69. The Morgan fingerprint density at radius 2 is 1.85 bits per heavy atom. The molecular weight excluding hydrogens is 512 g/mol. The third-order valence-corrected chi connectivity index (χ3v) is 7.23. The molecule has 7 heteroatoms. The third-order valence-electron chi connectivity index (χ3n) is 5.53. The minimum atomic E-state index is 0.486. The average Bonchev–Trinajstić information content (AvgIpc) is 3.42. The first-order valence-electron chi connectivity index (χ1n) is 11.0. The molecule has 0 atom stereocenters. The van der Waals surface area contributed by atoms with E-state index in [0.717, 1.165) is 44.2 Å². The second-order valence-electron chi connectivity index (χ2n) is 7.72. The number of hydrogen-bond acceptors (Lipinski definition) is 6. The van der Waals surface area contributed by atoms with E-state index in [2.05, 4.69) is 20.9 Å². The molecule has 1 aromatic heterocycles. The van der Waals surface area contributed by atoms with E-state index >= 15 is 0 Å². The molecule has 5 rings (SSSR count). The number of hydrogen-bond donors (Lipinski definition) is 0. The summed E-state index contributed by atoms with van der Waals surface area (Å²) in [5.41, 5.74) is 5.27. The molecule has 0 amide bonds. The summed E-state index contributed by atoms with van der Waals surface area (Å²) in [6.45, 7) is 3.00. The van der Waals surface area contributed by atoms with Crippen LogP contribution in [0.3, 0.4) is 0 Å². The van der Waals surface area contributed by atoms with E-state index in [9.17, 15) is 0 Å². The van der Waals surface area contributed by atoms with Crippen molar-refractivity contribution in [2.45, 2.75) is 20.0 Å². The van der Waals surface area contributed by atoms with Crippen LogP contribution in [0.1, 0.15) is 28.5 Å². The molecule has 4 aromatic rings. The van der Waals surface area contributed by atoms with Gasteiger partial charge in [-0.2, -0.15) is 0 Å². The van der Waals surface area contributed by atoms with E-state index in [4.69, 9.17) is 19.2 Å². The van der Waals surface area contributed by atoms with Crippen molar-refractivity contribution < 1.29 is 14.2 Å². The predicted octanol–water partition coefficient (Wildman–Crippen LogP) is 7.21. The highest BCUT2D eigenvalue weighted by Crippen LogP contribution is 2.48. The molecule has 0 saturated heterocycles. The number of aromatic nitrogens is 1. The van der Waals surface area contributed by atoms with Gasteiger partial charge in [0.1, 0.15) is 12.4 Å². The van der Waals surface area contributed by atoms with Gasteiger partial charge >= 0.3 is 0 Å². The zero-order chi connectivity index (χ0) is 23.5. The number of halogens is 1. The number of benzene rings is 3. The summed E-state index contributed by atoms with van der Waals surface area (Å²) >= 11 is 5.26. The molecule has 1 aliphatic rings. The molecule has 0 radical (unpaired) electrons. The number of nitrogens with zero attached hydrogens (tertiary/aromatic N) is 2. The lowest BCUT2D eigenvalue weighted by Crippen LogP contribution is -2.00. The molecule has 1 aliphatic carbocycles. The van der Waals surface area contributed by atoms with E-state index in [1.54, 1.807) is 18.4 Å². The minimum absolute atomic E-state index is 0.486. The molecule has 0 unspecified atom stereocenters. The zero-order valence-corrected chi connectivity index (χ0v) is 21.3. The number of fused-ring (bicyclic) bond motifs is 3. The minimum Gasteiger partial charge on any atom is -0.496 e. The Bertz CT molecular complexity index is 1350. The molecule has 3 aromatic carbocycles. The van der Waals surface area contributed by atoms with Crippen LogP contribution < -0.4 is 14.2 Å². The van der Waals surface area contributed by atoms with Crippen molar-refractivity contribution in [3.8, 4) is 28.5 Å². The summed E-state index contributed by atoms with van der Waals surface area (Å²) in [6, 6.07) is 19.9. The van der Waals surface area contributed by atoms with Crippen molar-refractivity contribution in [2.24, 2.45) is 4.99 Å². The zero-order valence-electron chi connectivity index (χ0n) is 18.9. The summed E-state index contributed by atoms with van der Waals surface area (Å²) in [6.07, 6.45) is 2.65. The fourth-order valence-corrected chi connectivity index (χ4v) is 5.33. The highest BCUT2D eigenvalue weighted by molar-refractivity contribution is 9.10. The number of thiazole rings is 1. The van der Waals surface area contributed by atoms with Crippen LogP contribution >= 0.6 is 27.3 Å². The maximum Gasteiger partial charge on any atom is 0.209 e. The average molecular weight is 535 g/mol. The summed E-state index contributed by atoms with van der Waals surface area (Å²) in [4.78, 5) is 10.6. The molecule has 0 aliphatic heterocycles. The molecule has 34 heavy (non-hydrogen) atoms. The first kappa shape index (κ1) is 22.6. The van der Waals surface area contributed by atoms with Gasteiger partial charge in [0.2, 0.25) is 5.13 Å². The molecule has 0 bridgehead atoms. The molecule has 0 fully saturated rings. The van der Waals surface area contributed by atoms with Gasteiger partial charge in [0, 0.05) is 27.5 Å². The Labute approximate surface area is 211 Å². The van der Waals surface area contributed by atoms with E-state index < -0.39 is 0 Å². The molecule has 0 spiro atoms. The standard InChI is InChI=1S/C27H23BrN2O3S/c1-3-32-23-13-18(9-11-21(23)33-16-17-7-5-4-6-8-17)15-29-27-30-26-24(34-27)14-19-20(28)10-12-22(31-2)25(19)26/h4-13,15H,3,14,16H2,1-2H3. The van der Waals surface area contributed by atoms with Crippen molar-refractivity contribution in [3.63, 3.8) is 0 Å². The van der Waals surface area contributed by atoms with Gasteiger partial charge in [-0.25, -0.2) is 9.98 Å². The Hall–Kier alpha value is -3.16. The lowest BCUT2D eigenvalue weighted by molar-refractivity contribution is 0.269. The fraction of sp³-hybridized carbons (Fsp3) is 0.185. The summed E-state index contributed by atoms with van der Waals surface area (Å²) < 4.78 is 18.5. The number of aliphatic imine (C=N–C) groups is 1. The molecule has 0 saturated carbocycles. The van der Waals surface area contributed by atoms with Crippen molar-refractivity contribution in [3.05, 3.63) is 86.7 Å². The smallest absolute Gasteiger partial charge is 0.209 e. The first-order chi connectivity index (χ1) is 16.7. The normalized spacial score (nSPS) is 12.0. The van der Waals surface area contributed by atoms with Crippen LogP contribution in [-0.4, -0.2) is 24.9 Å². The van der Waals surface area contributed by atoms with Gasteiger partial charge in [0.15, 0.2) is 11.5 Å². The topological polar surface area (TPSA) is 52.9 Å². The molecule has 0 N–H and O–H groups in total. The van der Waals surface area contributed by atoms with Gasteiger partial charge in [-0.3, -0.25) is 0 Å². The Balaban J connectivity index is 1.36. The maximum absolute atomic E-state index is 6.00. The number of ether oxygens (including phenoxy) is 3. The van der Waals surface area contributed by atoms with Crippen LogP contribution in [-0.2, 0) is 13.0 Å². The number of methoxy groups -OCH3 is 1. The molecule has 172 valence electrons. The second-order valence-corrected chi connectivity index (χ2v) is 9.64. The van der Waals surface area contributed by atoms with E-state index in [0.29, 0.717) is 24.7 Å². The van der Waals surface area contributed by atoms with Crippen molar-refractivity contribution in [2.75, 3.05) is 13.7 Å². The Morgan fingerprint density at radius 3 is 2.65 bits per heavy atom. The van der Waals surface area contributed by atoms with Crippen molar-refractivity contribution >= 4 is 38.6 Å². The van der Waals surface area contributed by atoms with Gasteiger partial charge in [-0.05, 0) is 53.9 Å². The van der Waals surface area contributed by atoms with Crippen LogP contribution in [0, 0.1) is 0 Å². The maximum atomic E-state index is 6.00. The Kier molecular flexibility index (Phi) is 6.65. The summed E-state index contributed by atoms with van der Waals surface area (Å²) in [5.74, 6) is 2.25. The third kappa shape index (κ3) is 4.58. The van der Waals surface area contributed by atoms with E-state index in [1.165, 1.54) is 10.4 Å². The van der Waals surface area contributed by atoms with Crippen LogP contribution in [0.15, 0.2) is 70.1 Å². The van der Waals surface area contributed by atoms with E-state index in [1.807, 2.05) is 73.8 Å². The predicted molar refractivity (Wildman–Crippen MR) is 140 cm³/mol. The molecular formula is C27H23BrN2O3S. The van der Waals surface area contributed by atoms with Gasteiger partial charge in [-0.1, -0.05) is 57.6 Å². The van der Waals surface area contributed by atoms with Crippen molar-refractivity contribution in [1.82, 2.24) is 4.98 Å². The Morgan fingerprint density at radius 1 is 1.03 bits per heavy atom. The largest absolute Gasteiger partial charge is 0.496 e. The van der Waals surface area contributed by atoms with Crippen LogP contribution in [0.25, 0.3) is 11.3 Å². The molecule has 1 heterocycles. The van der Waals surface area contributed by atoms with Crippen LogP contribution in [0.2, 0.25) is 0 Å². The van der Waals surface area contributed by atoms with Gasteiger partial charge in [-0.15, -0.1) is 0 Å². The lowest BCUT2D eigenvalue weighted by atomic mass is 10.1. The number of rotatable bonds is 8. The SMILES string of the molecule is CCOc1cc(C=Nc2nc3c(s2)Cc2c(Br)ccc(OC)c2-3)ccc1OCc1ccccc1. The fourth-order valence-electron chi connectivity index (χ4n) is 3.93. The molecule has 5 nitrogen and oxygen atoms in total. The quantitative estimate of drug-likeness (QED) is 0.197. The monoisotopic (exact) mass is 534 g/mol. The van der Waals surface area contributed by atoms with Gasteiger partial charge in [0.05, 0.1) is 19.4 Å². The van der Waals surface area contributed by atoms with Crippen molar-refractivity contribution in [1.29, 1.82) is 0 Å². The highest BCUT2D eigenvalue weighted by Gasteiger charge is 2.28. The van der Waals surface area contributed by atoms with Crippen LogP contribution in [0.5, 0.6) is 17.2 Å². The first-order valence-corrected chi connectivity index (χ1v) is 12.6. The van der Waals surface area contributed by atoms with Crippen LogP contribution in [0.4, 0.5) is 5.13 Å². The van der Waals surface area contributed by atoms with Gasteiger partial charge in [0.25, 0.3) is 0 Å². The lowest BCUT2D eigenvalue weighted by Gasteiger charge is -2.12. The summed E-state index contributed by atoms with van der Waals surface area (Å²) in [5, 5.41) is 0.722. The second kappa shape index (κ2) is 9.99.